The first-order chi connectivity index (χ1) is 11.3. The second-order valence-corrected chi connectivity index (χ2v) is 6.07. The van der Waals surface area contributed by atoms with Crippen LogP contribution in [0.1, 0.15) is 77.2 Å². The van der Waals surface area contributed by atoms with Gasteiger partial charge in [-0.05, 0) is 37.0 Å². The van der Waals surface area contributed by atoms with E-state index in [4.69, 9.17) is 9.47 Å². The van der Waals surface area contributed by atoms with E-state index >= 15 is 0 Å². The molecule has 0 saturated carbocycles. The van der Waals surface area contributed by atoms with E-state index < -0.39 is 6.16 Å². The van der Waals surface area contributed by atoms with Crippen LogP contribution >= 0.6 is 0 Å². The molecule has 0 unspecified atom stereocenters. The van der Waals surface area contributed by atoms with E-state index in [0.29, 0.717) is 12.4 Å². The van der Waals surface area contributed by atoms with E-state index in [0.717, 1.165) is 19.3 Å². The molecule has 0 saturated heterocycles. The monoisotopic (exact) mass is 320 g/mol. The molecule has 0 N–H and O–H groups in total. The lowest BCUT2D eigenvalue weighted by Gasteiger charge is -2.07. The van der Waals surface area contributed by atoms with E-state index in [1.807, 2.05) is 24.3 Å². The first-order valence-electron chi connectivity index (χ1n) is 9.19. The lowest BCUT2D eigenvalue weighted by Crippen LogP contribution is -2.11. The van der Waals surface area contributed by atoms with E-state index in [9.17, 15) is 4.79 Å². The van der Waals surface area contributed by atoms with Gasteiger partial charge in [-0.25, -0.2) is 4.79 Å². The first kappa shape index (κ1) is 19.5. The van der Waals surface area contributed by atoms with Crippen LogP contribution in [0.4, 0.5) is 4.79 Å². The van der Waals surface area contributed by atoms with Crippen LogP contribution in [0.3, 0.4) is 0 Å². The molecule has 0 aliphatic heterocycles. The number of rotatable bonds is 12. The minimum Gasteiger partial charge on any atom is -0.434 e. The van der Waals surface area contributed by atoms with Crippen LogP contribution in [0.5, 0.6) is 5.75 Å². The van der Waals surface area contributed by atoms with Crippen molar-refractivity contribution >= 4 is 6.16 Å². The number of aryl methyl sites for hydroxylation is 1. The molecule has 3 heteroatoms. The van der Waals surface area contributed by atoms with Crippen molar-refractivity contribution in [2.75, 3.05) is 6.61 Å². The molecular formula is C20H32O3. The lowest BCUT2D eigenvalue weighted by molar-refractivity contribution is 0.0973. The Bertz CT molecular complexity index is 411. The normalized spacial score (nSPS) is 10.5. The summed E-state index contributed by atoms with van der Waals surface area (Å²) in [5.41, 5.74) is 1.28. The SMILES string of the molecule is CCCCCCCCOC(=O)Oc1ccc(CCCCC)cc1. The van der Waals surface area contributed by atoms with Crippen molar-refractivity contribution < 1.29 is 14.3 Å². The zero-order valence-corrected chi connectivity index (χ0v) is 14.8. The van der Waals surface area contributed by atoms with Crippen LogP contribution < -0.4 is 4.74 Å². The van der Waals surface area contributed by atoms with Crippen LogP contribution in [-0.4, -0.2) is 12.8 Å². The molecule has 3 nitrogen and oxygen atoms in total. The predicted molar refractivity (Wildman–Crippen MR) is 95.0 cm³/mol. The van der Waals surface area contributed by atoms with Gasteiger partial charge in [-0.1, -0.05) is 70.9 Å². The fourth-order valence-electron chi connectivity index (χ4n) is 2.47. The van der Waals surface area contributed by atoms with E-state index in [1.54, 1.807) is 0 Å². The Kier molecular flexibility index (Phi) is 11.0. The highest BCUT2D eigenvalue weighted by Crippen LogP contribution is 2.15. The van der Waals surface area contributed by atoms with Gasteiger partial charge in [0.25, 0.3) is 0 Å². The Morgan fingerprint density at radius 1 is 0.826 bits per heavy atom. The molecule has 0 fully saturated rings. The maximum absolute atomic E-state index is 11.6. The van der Waals surface area contributed by atoms with Gasteiger partial charge in [0.1, 0.15) is 5.75 Å². The Balaban J connectivity index is 2.14. The first-order valence-corrected chi connectivity index (χ1v) is 9.19. The van der Waals surface area contributed by atoms with Crippen LogP contribution in [0.2, 0.25) is 0 Å². The molecule has 130 valence electrons. The summed E-state index contributed by atoms with van der Waals surface area (Å²) in [5.74, 6) is 0.553. The van der Waals surface area contributed by atoms with Gasteiger partial charge >= 0.3 is 6.16 Å². The minimum atomic E-state index is -0.600. The number of benzene rings is 1. The zero-order chi connectivity index (χ0) is 16.8. The molecule has 0 heterocycles. The predicted octanol–water partition coefficient (Wildman–Crippen LogP) is 6.30. The maximum atomic E-state index is 11.6. The molecule has 0 amide bonds. The fourth-order valence-corrected chi connectivity index (χ4v) is 2.47. The molecule has 0 spiro atoms. The molecule has 0 aromatic heterocycles. The Morgan fingerprint density at radius 3 is 2.13 bits per heavy atom. The maximum Gasteiger partial charge on any atom is 0.513 e. The van der Waals surface area contributed by atoms with Gasteiger partial charge in [-0.2, -0.15) is 0 Å². The second-order valence-electron chi connectivity index (χ2n) is 6.07. The van der Waals surface area contributed by atoms with Crippen molar-refractivity contribution in [1.29, 1.82) is 0 Å². The Morgan fingerprint density at radius 2 is 1.43 bits per heavy atom. The number of carbonyl (C=O) groups is 1. The standard InChI is InChI=1S/C20H32O3/c1-3-5-7-8-9-11-17-22-20(21)23-19-15-13-18(14-16-19)12-10-6-4-2/h13-16H,3-12,17H2,1-2H3. The van der Waals surface area contributed by atoms with Crippen molar-refractivity contribution in [1.82, 2.24) is 0 Å². The summed E-state index contributed by atoms with van der Waals surface area (Å²) in [7, 11) is 0. The second kappa shape index (κ2) is 13.0. The molecule has 0 radical (unpaired) electrons. The highest BCUT2D eigenvalue weighted by Gasteiger charge is 2.05. The molecule has 1 rings (SSSR count). The summed E-state index contributed by atoms with van der Waals surface area (Å²) in [6, 6.07) is 7.72. The topological polar surface area (TPSA) is 35.5 Å². The van der Waals surface area contributed by atoms with Gasteiger partial charge in [0, 0.05) is 0 Å². The van der Waals surface area contributed by atoms with Crippen LogP contribution in [0, 0.1) is 0 Å². The summed E-state index contributed by atoms with van der Waals surface area (Å²) in [6.07, 6.45) is 11.2. The third kappa shape index (κ3) is 9.98. The van der Waals surface area contributed by atoms with Crippen molar-refractivity contribution in [3.05, 3.63) is 29.8 Å². The average molecular weight is 320 g/mol. The highest BCUT2D eigenvalue weighted by molar-refractivity contribution is 5.63. The van der Waals surface area contributed by atoms with Gasteiger partial charge in [0.2, 0.25) is 0 Å². The third-order valence-electron chi connectivity index (χ3n) is 3.91. The summed E-state index contributed by atoms with van der Waals surface area (Å²) in [6.45, 7) is 4.85. The van der Waals surface area contributed by atoms with E-state index in [2.05, 4.69) is 13.8 Å². The lowest BCUT2D eigenvalue weighted by atomic mass is 10.1. The van der Waals surface area contributed by atoms with Crippen LogP contribution in [-0.2, 0) is 11.2 Å². The Hall–Kier alpha value is -1.51. The molecule has 0 bridgehead atoms. The van der Waals surface area contributed by atoms with E-state index in [-0.39, 0.29) is 0 Å². The summed E-state index contributed by atoms with van der Waals surface area (Å²) >= 11 is 0. The summed E-state index contributed by atoms with van der Waals surface area (Å²) in [4.78, 5) is 11.6. The number of unbranched alkanes of at least 4 members (excludes halogenated alkanes) is 7. The number of ether oxygens (including phenoxy) is 2. The molecule has 0 atom stereocenters. The number of hydrogen-bond donors (Lipinski definition) is 0. The average Bonchev–Trinajstić information content (AvgIpc) is 2.56. The number of carbonyl (C=O) groups excluding carboxylic acids is 1. The molecule has 0 aliphatic carbocycles. The summed E-state index contributed by atoms with van der Waals surface area (Å²) < 4.78 is 10.3. The largest absolute Gasteiger partial charge is 0.513 e. The van der Waals surface area contributed by atoms with Gasteiger partial charge in [-0.3, -0.25) is 0 Å². The highest BCUT2D eigenvalue weighted by atomic mass is 16.7. The van der Waals surface area contributed by atoms with E-state index in [1.165, 1.54) is 50.5 Å². The molecule has 23 heavy (non-hydrogen) atoms. The van der Waals surface area contributed by atoms with Crippen molar-refractivity contribution in [3.8, 4) is 5.75 Å². The quantitative estimate of drug-likeness (QED) is 0.258. The van der Waals surface area contributed by atoms with Crippen molar-refractivity contribution in [2.24, 2.45) is 0 Å². The molecule has 0 aliphatic rings. The smallest absolute Gasteiger partial charge is 0.434 e. The van der Waals surface area contributed by atoms with Gasteiger partial charge in [0.15, 0.2) is 0 Å². The Labute approximate surface area is 141 Å². The van der Waals surface area contributed by atoms with Gasteiger partial charge in [-0.15, -0.1) is 0 Å². The number of hydrogen-bond acceptors (Lipinski definition) is 3. The van der Waals surface area contributed by atoms with Crippen molar-refractivity contribution in [2.45, 2.75) is 78.1 Å². The van der Waals surface area contributed by atoms with Crippen LogP contribution in [0.25, 0.3) is 0 Å². The van der Waals surface area contributed by atoms with Crippen LogP contribution in [0.15, 0.2) is 24.3 Å². The minimum absolute atomic E-state index is 0.445. The third-order valence-corrected chi connectivity index (χ3v) is 3.91. The fraction of sp³-hybridized carbons (Fsp3) is 0.650. The van der Waals surface area contributed by atoms with Crippen molar-refractivity contribution in [3.63, 3.8) is 0 Å². The van der Waals surface area contributed by atoms with Gasteiger partial charge < -0.3 is 9.47 Å². The molecule has 1 aromatic carbocycles. The van der Waals surface area contributed by atoms with Gasteiger partial charge in [0.05, 0.1) is 6.61 Å². The summed E-state index contributed by atoms with van der Waals surface area (Å²) in [5, 5.41) is 0. The molecule has 1 aromatic rings. The molecular weight excluding hydrogens is 288 g/mol. The zero-order valence-electron chi connectivity index (χ0n) is 14.8.